The minimum absolute atomic E-state index is 0.310. The minimum Gasteiger partial charge on any atom is -0.296 e. The molecule has 2 heterocycles. The number of aromatic nitrogens is 5. The Balaban J connectivity index is 2.76. The number of carbonyl (C=O) groups is 1. The van der Waals surface area contributed by atoms with Gasteiger partial charge in [-0.05, 0) is 22.6 Å². The summed E-state index contributed by atoms with van der Waals surface area (Å²) in [5.41, 5.74) is 0.834. The maximum absolute atomic E-state index is 10.2. The Labute approximate surface area is 60.8 Å². The van der Waals surface area contributed by atoms with Crippen LogP contribution in [0.5, 0.6) is 0 Å². The minimum atomic E-state index is 0.310. The largest absolute Gasteiger partial charge is 0.296 e. The van der Waals surface area contributed by atoms with Gasteiger partial charge in [-0.25, -0.2) is 0 Å². The molecule has 0 radical (unpaired) electrons. The second kappa shape index (κ2) is 2.08. The van der Waals surface area contributed by atoms with Crippen molar-refractivity contribution in [1.82, 2.24) is 25.3 Å². The number of fused-ring (bicyclic) bond motifs is 1. The first kappa shape index (κ1) is 5.90. The first-order valence-electron chi connectivity index (χ1n) is 2.91. The van der Waals surface area contributed by atoms with Crippen molar-refractivity contribution in [3.05, 3.63) is 17.8 Å². The third-order valence-electron chi connectivity index (χ3n) is 1.21. The molecule has 2 rings (SSSR count). The van der Waals surface area contributed by atoms with Gasteiger partial charge < -0.3 is 0 Å². The van der Waals surface area contributed by atoms with E-state index in [9.17, 15) is 4.79 Å². The number of hydrogen-bond donors (Lipinski definition) is 0. The van der Waals surface area contributed by atoms with Crippen LogP contribution in [0.25, 0.3) is 5.65 Å². The molecule has 6 nitrogen and oxygen atoms in total. The fourth-order valence-corrected chi connectivity index (χ4v) is 0.726. The van der Waals surface area contributed by atoms with E-state index in [1.54, 1.807) is 12.1 Å². The lowest BCUT2D eigenvalue weighted by Gasteiger charge is -1.87. The van der Waals surface area contributed by atoms with E-state index < -0.39 is 0 Å². The van der Waals surface area contributed by atoms with Gasteiger partial charge >= 0.3 is 0 Å². The first-order chi connectivity index (χ1) is 5.40. The zero-order chi connectivity index (χ0) is 7.68. The van der Waals surface area contributed by atoms with Crippen molar-refractivity contribution >= 4 is 11.9 Å². The molecule has 11 heavy (non-hydrogen) atoms. The van der Waals surface area contributed by atoms with Gasteiger partial charge in [0.25, 0.3) is 0 Å². The van der Waals surface area contributed by atoms with E-state index in [1.807, 2.05) is 0 Å². The van der Waals surface area contributed by atoms with Crippen LogP contribution in [0.2, 0.25) is 0 Å². The molecule has 0 fully saturated rings. The summed E-state index contributed by atoms with van der Waals surface area (Å²) in [7, 11) is 0. The molecule has 2 aromatic heterocycles. The van der Waals surface area contributed by atoms with Crippen LogP contribution in [0.3, 0.4) is 0 Å². The Hall–Kier alpha value is -1.85. The number of tetrazole rings is 1. The highest BCUT2D eigenvalue weighted by Gasteiger charge is 1.97. The van der Waals surface area contributed by atoms with Crippen LogP contribution in [-0.2, 0) is 0 Å². The van der Waals surface area contributed by atoms with Crippen molar-refractivity contribution in [1.29, 1.82) is 0 Å². The van der Waals surface area contributed by atoms with Crippen LogP contribution < -0.4 is 0 Å². The summed E-state index contributed by atoms with van der Waals surface area (Å²) in [6.45, 7) is 0. The summed E-state index contributed by atoms with van der Waals surface area (Å²) in [6.07, 6.45) is 0.640. The summed E-state index contributed by atoms with van der Waals surface area (Å²) in [4.78, 5) is 10.2. The molecular weight excluding hydrogens is 146 g/mol. The third-order valence-corrected chi connectivity index (χ3v) is 1.21. The van der Waals surface area contributed by atoms with Gasteiger partial charge in [0.1, 0.15) is 5.69 Å². The standard InChI is InChI=1S/C5H3N5O/c11-3-4-1-2-5-6-8-9-10(5)7-4/h1-3H. The van der Waals surface area contributed by atoms with Crippen molar-refractivity contribution < 1.29 is 4.79 Å². The molecule has 0 saturated carbocycles. The molecule has 54 valence electrons. The summed E-state index contributed by atoms with van der Waals surface area (Å²) >= 11 is 0. The van der Waals surface area contributed by atoms with Crippen LogP contribution in [0.1, 0.15) is 10.5 Å². The second-order valence-electron chi connectivity index (χ2n) is 1.90. The van der Waals surface area contributed by atoms with Crippen LogP contribution in [-0.4, -0.2) is 31.5 Å². The van der Waals surface area contributed by atoms with E-state index >= 15 is 0 Å². The smallest absolute Gasteiger partial charge is 0.200 e. The van der Waals surface area contributed by atoms with Crippen molar-refractivity contribution in [2.24, 2.45) is 0 Å². The number of hydrogen-bond acceptors (Lipinski definition) is 5. The quantitative estimate of drug-likeness (QED) is 0.503. The van der Waals surface area contributed by atoms with Crippen LogP contribution in [0, 0.1) is 0 Å². The number of nitrogens with zero attached hydrogens (tertiary/aromatic N) is 5. The van der Waals surface area contributed by atoms with Crippen molar-refractivity contribution in [3.63, 3.8) is 0 Å². The summed E-state index contributed by atoms with van der Waals surface area (Å²) < 4.78 is 1.20. The van der Waals surface area contributed by atoms with E-state index in [2.05, 4.69) is 20.6 Å². The lowest BCUT2D eigenvalue weighted by atomic mass is 10.4. The lowest BCUT2D eigenvalue weighted by Crippen LogP contribution is -1.97. The average molecular weight is 149 g/mol. The molecule has 0 unspecified atom stereocenters. The molecule has 0 saturated heterocycles. The summed E-state index contributed by atoms with van der Waals surface area (Å²) in [5, 5.41) is 14.3. The van der Waals surface area contributed by atoms with Gasteiger partial charge in [-0.1, -0.05) is 0 Å². The number of rotatable bonds is 1. The molecule has 0 aliphatic carbocycles. The van der Waals surface area contributed by atoms with Crippen LogP contribution in [0.15, 0.2) is 12.1 Å². The lowest BCUT2D eigenvalue weighted by molar-refractivity contribution is 0.111. The molecule has 0 N–H and O–H groups in total. The van der Waals surface area contributed by atoms with E-state index in [4.69, 9.17) is 0 Å². The molecule has 0 spiro atoms. The monoisotopic (exact) mass is 149 g/mol. The fourth-order valence-electron chi connectivity index (χ4n) is 0.726. The summed E-state index contributed by atoms with van der Waals surface area (Å²) in [6, 6.07) is 3.18. The van der Waals surface area contributed by atoms with Gasteiger partial charge in [0.05, 0.1) is 0 Å². The predicted octanol–water partition coefficient (Wildman–Crippen LogP) is -0.668. The van der Waals surface area contributed by atoms with Crippen molar-refractivity contribution in [2.75, 3.05) is 0 Å². The molecule has 2 aromatic rings. The van der Waals surface area contributed by atoms with Gasteiger partial charge in [-0.3, -0.25) is 4.79 Å². The topological polar surface area (TPSA) is 73.0 Å². The van der Waals surface area contributed by atoms with E-state index in [0.717, 1.165) is 0 Å². The second-order valence-corrected chi connectivity index (χ2v) is 1.90. The highest BCUT2D eigenvalue weighted by molar-refractivity contribution is 5.71. The van der Waals surface area contributed by atoms with Gasteiger partial charge in [-0.2, -0.15) is 0 Å². The maximum Gasteiger partial charge on any atom is 0.200 e. The SMILES string of the molecule is O=Cc1ccc2nnnn2n1. The third kappa shape index (κ3) is 0.841. The number of carbonyl (C=O) groups excluding carboxylic acids is 1. The van der Waals surface area contributed by atoms with Gasteiger partial charge in [0.15, 0.2) is 11.9 Å². The predicted molar refractivity (Wildman–Crippen MR) is 34.0 cm³/mol. The average Bonchev–Trinajstić information content (AvgIpc) is 2.50. The Kier molecular flexibility index (Phi) is 1.12. The summed E-state index contributed by atoms with van der Waals surface area (Å²) in [5.74, 6) is 0. The van der Waals surface area contributed by atoms with Gasteiger partial charge in [0.2, 0.25) is 0 Å². The highest BCUT2D eigenvalue weighted by atomic mass is 16.1. The van der Waals surface area contributed by atoms with E-state index in [-0.39, 0.29) is 0 Å². The first-order valence-corrected chi connectivity index (χ1v) is 2.91. The maximum atomic E-state index is 10.2. The molecule has 0 bridgehead atoms. The Morgan fingerprint density at radius 2 is 2.36 bits per heavy atom. The molecular formula is C5H3N5O. The van der Waals surface area contributed by atoms with Gasteiger partial charge in [0, 0.05) is 0 Å². The molecule has 0 atom stereocenters. The zero-order valence-corrected chi connectivity index (χ0v) is 5.38. The molecule has 0 aliphatic rings. The zero-order valence-electron chi connectivity index (χ0n) is 5.38. The van der Waals surface area contributed by atoms with E-state index in [0.29, 0.717) is 17.6 Å². The molecule has 0 aliphatic heterocycles. The Morgan fingerprint density at radius 1 is 1.45 bits per heavy atom. The molecule has 0 aromatic carbocycles. The fraction of sp³-hybridized carbons (Fsp3) is 0. The Morgan fingerprint density at radius 3 is 3.18 bits per heavy atom. The van der Waals surface area contributed by atoms with Gasteiger partial charge in [-0.15, -0.1) is 14.8 Å². The Bertz CT molecular complexity index is 394. The number of aldehydes is 1. The highest BCUT2D eigenvalue weighted by Crippen LogP contribution is 1.93. The van der Waals surface area contributed by atoms with Crippen molar-refractivity contribution in [3.8, 4) is 0 Å². The molecule has 6 heteroatoms. The van der Waals surface area contributed by atoms with Crippen LogP contribution in [0.4, 0.5) is 0 Å². The normalized spacial score (nSPS) is 10.2. The van der Waals surface area contributed by atoms with E-state index in [1.165, 1.54) is 4.63 Å². The van der Waals surface area contributed by atoms with Crippen LogP contribution >= 0.6 is 0 Å². The molecule has 0 amide bonds. The van der Waals surface area contributed by atoms with Crippen molar-refractivity contribution in [2.45, 2.75) is 0 Å².